The average Bonchev–Trinajstić information content (AvgIpc) is 2.64. The predicted molar refractivity (Wildman–Crippen MR) is 110 cm³/mol. The molecule has 6 heteroatoms. The summed E-state index contributed by atoms with van der Waals surface area (Å²) in [7, 11) is -3.64. The Morgan fingerprint density at radius 1 is 0.963 bits per heavy atom. The number of nitrogens with zero attached hydrogens (tertiary/aromatic N) is 2. The second-order valence-corrected chi connectivity index (χ2v) is 8.09. The van der Waals surface area contributed by atoms with Crippen LogP contribution in [0.1, 0.15) is 18.1 Å². The zero-order valence-corrected chi connectivity index (χ0v) is 16.5. The van der Waals surface area contributed by atoms with E-state index in [-0.39, 0.29) is 4.90 Å². The third-order valence-corrected chi connectivity index (χ3v) is 5.58. The fraction of sp³-hybridized carbons (Fsp3) is 0.190. The van der Waals surface area contributed by atoms with E-state index < -0.39 is 10.0 Å². The highest BCUT2D eigenvalue weighted by molar-refractivity contribution is 7.92. The van der Waals surface area contributed by atoms with E-state index in [9.17, 15) is 8.42 Å². The van der Waals surface area contributed by atoms with Gasteiger partial charge in [0.1, 0.15) is 5.82 Å². The molecule has 0 saturated heterocycles. The molecule has 1 aromatic heterocycles. The summed E-state index contributed by atoms with van der Waals surface area (Å²) >= 11 is 0. The van der Waals surface area contributed by atoms with Gasteiger partial charge in [0.25, 0.3) is 10.0 Å². The fourth-order valence-electron chi connectivity index (χ4n) is 2.88. The summed E-state index contributed by atoms with van der Waals surface area (Å²) in [6, 6.07) is 18.5. The van der Waals surface area contributed by atoms with Crippen LogP contribution >= 0.6 is 0 Å². The highest BCUT2D eigenvalue weighted by atomic mass is 32.2. The molecule has 0 radical (unpaired) electrons. The Hall–Kier alpha value is -2.86. The van der Waals surface area contributed by atoms with Gasteiger partial charge in [-0.1, -0.05) is 24.3 Å². The van der Waals surface area contributed by atoms with Crippen molar-refractivity contribution < 1.29 is 8.42 Å². The number of aromatic nitrogens is 1. The number of nitrogens with one attached hydrogen (secondary N) is 1. The summed E-state index contributed by atoms with van der Waals surface area (Å²) in [5, 5.41) is 0. The van der Waals surface area contributed by atoms with Gasteiger partial charge < -0.3 is 4.90 Å². The molecule has 3 aromatic rings. The minimum absolute atomic E-state index is 0.238. The molecule has 0 aliphatic rings. The van der Waals surface area contributed by atoms with Crippen LogP contribution in [0, 0.1) is 13.8 Å². The maximum atomic E-state index is 12.5. The molecule has 27 heavy (non-hydrogen) atoms. The van der Waals surface area contributed by atoms with Crippen molar-refractivity contribution >= 4 is 27.2 Å². The molecule has 0 aliphatic heterocycles. The summed E-state index contributed by atoms with van der Waals surface area (Å²) in [4.78, 5) is 6.76. The van der Waals surface area contributed by atoms with Crippen molar-refractivity contribution in [3.05, 3.63) is 78.0 Å². The first-order chi connectivity index (χ1) is 12.9. The number of aryl methyl sites for hydroxylation is 2. The Kier molecular flexibility index (Phi) is 5.46. The van der Waals surface area contributed by atoms with Gasteiger partial charge in [0, 0.05) is 12.2 Å². The second kappa shape index (κ2) is 7.80. The number of sulfonamides is 1. The van der Waals surface area contributed by atoms with Crippen LogP contribution in [0.25, 0.3) is 0 Å². The van der Waals surface area contributed by atoms with Gasteiger partial charge in [0.2, 0.25) is 0 Å². The highest BCUT2D eigenvalue weighted by Crippen LogP contribution is 2.25. The normalized spacial score (nSPS) is 11.2. The summed E-state index contributed by atoms with van der Waals surface area (Å²) in [6.07, 6.45) is 1.54. The third-order valence-electron chi connectivity index (χ3n) is 4.21. The van der Waals surface area contributed by atoms with Gasteiger partial charge >= 0.3 is 0 Å². The minimum atomic E-state index is -3.64. The van der Waals surface area contributed by atoms with Gasteiger partial charge in [0.15, 0.2) is 0 Å². The van der Waals surface area contributed by atoms with Gasteiger partial charge in [-0.15, -0.1) is 0 Å². The molecule has 1 N–H and O–H groups in total. The van der Waals surface area contributed by atoms with Crippen LogP contribution in [-0.4, -0.2) is 19.9 Å². The van der Waals surface area contributed by atoms with Crippen LogP contribution < -0.4 is 9.62 Å². The second-order valence-electron chi connectivity index (χ2n) is 6.41. The van der Waals surface area contributed by atoms with Gasteiger partial charge in [-0.2, -0.15) is 0 Å². The molecule has 0 spiro atoms. The zero-order valence-electron chi connectivity index (χ0n) is 15.7. The van der Waals surface area contributed by atoms with Crippen LogP contribution in [0.15, 0.2) is 71.8 Å². The molecule has 0 bridgehead atoms. The molecule has 0 fully saturated rings. The van der Waals surface area contributed by atoms with Crippen molar-refractivity contribution in [3.8, 4) is 0 Å². The fourth-order valence-corrected chi connectivity index (χ4v) is 4.02. The Bertz CT molecular complexity index is 1030. The standard InChI is InChI=1S/C21H23N3O2S/c1-4-24(19-9-5-7-16(2)13-19)21-12-11-18(15-22-21)23-27(25,26)20-10-6-8-17(3)14-20/h5-15,23H,4H2,1-3H3. The Balaban J connectivity index is 1.82. The van der Waals surface area contributed by atoms with Gasteiger partial charge in [-0.3, -0.25) is 4.72 Å². The molecule has 3 rings (SSSR count). The van der Waals surface area contributed by atoms with Crippen molar-refractivity contribution in [3.63, 3.8) is 0 Å². The SMILES string of the molecule is CCN(c1cccc(C)c1)c1ccc(NS(=O)(=O)c2cccc(C)c2)cn1. The lowest BCUT2D eigenvalue weighted by molar-refractivity contribution is 0.601. The van der Waals surface area contributed by atoms with Crippen molar-refractivity contribution in [1.29, 1.82) is 0 Å². The van der Waals surface area contributed by atoms with Crippen LogP contribution in [-0.2, 0) is 10.0 Å². The van der Waals surface area contributed by atoms with Gasteiger partial charge in [-0.05, 0) is 68.3 Å². The molecule has 0 unspecified atom stereocenters. The zero-order chi connectivity index (χ0) is 19.4. The number of benzene rings is 2. The molecule has 0 atom stereocenters. The van der Waals surface area contributed by atoms with Crippen LogP contribution in [0.3, 0.4) is 0 Å². The molecule has 0 aliphatic carbocycles. The molecule has 0 amide bonds. The van der Waals surface area contributed by atoms with E-state index in [1.165, 1.54) is 5.56 Å². The van der Waals surface area contributed by atoms with Crippen molar-refractivity contribution in [1.82, 2.24) is 4.98 Å². The lowest BCUT2D eigenvalue weighted by atomic mass is 10.2. The van der Waals surface area contributed by atoms with E-state index in [0.717, 1.165) is 23.6 Å². The van der Waals surface area contributed by atoms with Gasteiger partial charge in [-0.25, -0.2) is 13.4 Å². The quantitative estimate of drug-likeness (QED) is 0.675. The first-order valence-corrected chi connectivity index (χ1v) is 10.3. The first-order valence-electron chi connectivity index (χ1n) is 8.79. The van der Waals surface area contributed by atoms with Crippen molar-refractivity contribution in [2.75, 3.05) is 16.2 Å². The average molecular weight is 382 g/mol. The van der Waals surface area contributed by atoms with E-state index in [4.69, 9.17) is 0 Å². The minimum Gasteiger partial charge on any atom is -0.327 e. The maximum absolute atomic E-state index is 12.5. The smallest absolute Gasteiger partial charge is 0.261 e. The molecular weight excluding hydrogens is 358 g/mol. The number of rotatable bonds is 6. The van der Waals surface area contributed by atoms with E-state index in [0.29, 0.717) is 5.69 Å². The molecule has 2 aromatic carbocycles. The topological polar surface area (TPSA) is 62.3 Å². The molecule has 1 heterocycles. The van der Waals surface area contributed by atoms with E-state index >= 15 is 0 Å². The number of hydrogen-bond donors (Lipinski definition) is 1. The summed E-state index contributed by atoms with van der Waals surface area (Å²) in [6.45, 7) is 6.72. The monoisotopic (exact) mass is 381 g/mol. The lowest BCUT2D eigenvalue weighted by Crippen LogP contribution is -2.18. The molecular formula is C21H23N3O2S. The van der Waals surface area contributed by atoms with Crippen LogP contribution in [0.2, 0.25) is 0 Å². The number of pyridine rings is 1. The largest absolute Gasteiger partial charge is 0.327 e. The summed E-state index contributed by atoms with van der Waals surface area (Å²) < 4.78 is 27.7. The van der Waals surface area contributed by atoms with Gasteiger partial charge in [0.05, 0.1) is 16.8 Å². The Morgan fingerprint density at radius 2 is 1.67 bits per heavy atom. The van der Waals surface area contributed by atoms with Crippen LogP contribution in [0.4, 0.5) is 17.2 Å². The number of hydrogen-bond acceptors (Lipinski definition) is 4. The van der Waals surface area contributed by atoms with E-state index in [1.807, 2.05) is 44.2 Å². The van der Waals surface area contributed by atoms with Crippen LogP contribution in [0.5, 0.6) is 0 Å². The van der Waals surface area contributed by atoms with Crippen molar-refractivity contribution in [2.45, 2.75) is 25.7 Å². The molecule has 5 nitrogen and oxygen atoms in total. The lowest BCUT2D eigenvalue weighted by Gasteiger charge is -2.22. The molecule has 0 saturated carbocycles. The third kappa shape index (κ3) is 4.46. The maximum Gasteiger partial charge on any atom is 0.261 e. The van der Waals surface area contributed by atoms with E-state index in [2.05, 4.69) is 27.6 Å². The summed E-state index contributed by atoms with van der Waals surface area (Å²) in [5.74, 6) is 0.765. The predicted octanol–water partition coefficient (Wildman–Crippen LogP) is 4.66. The van der Waals surface area contributed by atoms with E-state index in [1.54, 1.807) is 30.5 Å². The molecule has 140 valence electrons. The highest BCUT2D eigenvalue weighted by Gasteiger charge is 2.15. The summed E-state index contributed by atoms with van der Waals surface area (Å²) in [5.41, 5.74) is 3.55. The first kappa shape index (κ1) is 18.9. The Labute approximate surface area is 160 Å². The Morgan fingerprint density at radius 3 is 2.26 bits per heavy atom. The van der Waals surface area contributed by atoms with Crippen molar-refractivity contribution in [2.24, 2.45) is 0 Å². The number of anilines is 3.